The van der Waals surface area contributed by atoms with Crippen molar-refractivity contribution < 1.29 is 4.43 Å². The Morgan fingerprint density at radius 1 is 0.824 bits per heavy atom. The van der Waals surface area contributed by atoms with Crippen LogP contribution in [0.25, 0.3) is 4.91 Å². The van der Waals surface area contributed by atoms with Gasteiger partial charge in [0.25, 0.3) is 8.32 Å². The third-order valence-electron chi connectivity index (χ3n) is 7.52. The number of allylic oxidation sites excluding steroid dienone is 3. The van der Waals surface area contributed by atoms with Crippen LogP contribution in [0.3, 0.4) is 0 Å². The van der Waals surface area contributed by atoms with E-state index in [-0.39, 0.29) is 10.6 Å². The SMILES string of the molecule is CC(C)[Si](O/C(=C1\P2SC(c3ccccc3)=CC12c1ccccc1)C(C)(C)C)(C(C)C)C(C)C. The van der Waals surface area contributed by atoms with Crippen LogP contribution in [0.2, 0.25) is 16.6 Å². The predicted octanol–water partition coefficient (Wildman–Crippen LogP) is 10.5. The second-order valence-electron chi connectivity index (χ2n) is 11.7. The molecule has 1 nitrogen and oxygen atoms in total. The normalized spacial score (nSPS) is 23.9. The summed E-state index contributed by atoms with van der Waals surface area (Å²) in [7, 11) is -2.46. The lowest BCUT2D eigenvalue weighted by Gasteiger charge is -2.45. The minimum Gasteiger partial charge on any atom is -0.545 e. The zero-order chi connectivity index (χ0) is 24.9. The van der Waals surface area contributed by atoms with Crippen molar-refractivity contribution in [3.05, 3.63) is 88.9 Å². The Balaban J connectivity index is 1.91. The maximum Gasteiger partial charge on any atom is 0.258 e. The van der Waals surface area contributed by atoms with Gasteiger partial charge in [0.05, 0.1) is 10.9 Å². The maximum atomic E-state index is 7.53. The van der Waals surface area contributed by atoms with Crippen LogP contribution in [0.4, 0.5) is 0 Å². The number of hydrogen-bond acceptors (Lipinski definition) is 2. The van der Waals surface area contributed by atoms with Crippen molar-refractivity contribution in [2.45, 2.75) is 84.1 Å². The first-order valence-corrected chi connectivity index (χ1v) is 17.6. The zero-order valence-electron chi connectivity index (χ0n) is 22.3. The molecule has 2 aromatic rings. The molecule has 2 aromatic carbocycles. The van der Waals surface area contributed by atoms with E-state index in [2.05, 4.69) is 140 Å². The molecular weight excluding hydrogens is 467 g/mol. The molecule has 0 spiro atoms. The molecule has 2 heterocycles. The third-order valence-corrected chi connectivity index (χ3v) is 18.8. The van der Waals surface area contributed by atoms with Crippen molar-refractivity contribution in [3.63, 3.8) is 0 Å². The first-order chi connectivity index (χ1) is 16.0. The van der Waals surface area contributed by atoms with E-state index in [1.807, 2.05) is 0 Å². The molecule has 4 rings (SSSR count). The lowest BCUT2D eigenvalue weighted by Crippen LogP contribution is -2.48. The average Bonchev–Trinajstić information content (AvgIpc) is 3.20. The van der Waals surface area contributed by atoms with Gasteiger partial charge < -0.3 is 4.43 Å². The van der Waals surface area contributed by atoms with E-state index in [1.54, 1.807) is 5.31 Å². The van der Waals surface area contributed by atoms with E-state index >= 15 is 0 Å². The molecule has 0 aliphatic carbocycles. The summed E-state index contributed by atoms with van der Waals surface area (Å²) in [5.74, 6) is 1.29. The van der Waals surface area contributed by atoms with Crippen LogP contribution in [-0.4, -0.2) is 8.32 Å². The van der Waals surface area contributed by atoms with Crippen LogP contribution in [-0.2, 0) is 9.58 Å². The number of benzene rings is 2. The first-order valence-electron chi connectivity index (χ1n) is 12.7. The molecule has 2 unspecified atom stereocenters. The van der Waals surface area contributed by atoms with Gasteiger partial charge in [-0.25, -0.2) is 0 Å². The molecule has 2 aliphatic heterocycles. The number of fused-ring (bicyclic) bond motifs is 1. The summed E-state index contributed by atoms with van der Waals surface area (Å²) in [6.45, 7) is 21.4. The third kappa shape index (κ3) is 4.16. The second kappa shape index (κ2) is 9.30. The average molecular weight is 509 g/mol. The molecule has 0 N–H and O–H groups in total. The second-order valence-corrected chi connectivity index (χ2v) is 21.1. The van der Waals surface area contributed by atoms with Crippen molar-refractivity contribution in [1.82, 2.24) is 0 Å². The molecule has 2 aliphatic rings. The van der Waals surface area contributed by atoms with Gasteiger partial charge in [0.2, 0.25) is 0 Å². The van der Waals surface area contributed by atoms with Crippen molar-refractivity contribution in [3.8, 4) is 0 Å². The predicted molar refractivity (Wildman–Crippen MR) is 156 cm³/mol. The van der Waals surface area contributed by atoms with Gasteiger partial charge in [-0.05, 0) is 33.8 Å². The van der Waals surface area contributed by atoms with Crippen molar-refractivity contribution in [2.24, 2.45) is 5.41 Å². The van der Waals surface area contributed by atoms with Gasteiger partial charge in [-0.1, -0.05) is 134 Å². The fourth-order valence-electron chi connectivity index (χ4n) is 5.92. The Kier molecular flexibility index (Phi) is 7.06. The maximum absolute atomic E-state index is 7.53. The number of hydrogen-bond donors (Lipinski definition) is 0. The smallest absolute Gasteiger partial charge is 0.258 e. The van der Waals surface area contributed by atoms with Gasteiger partial charge in [-0.2, -0.15) is 0 Å². The summed E-state index contributed by atoms with van der Waals surface area (Å²) in [4.78, 5) is 1.42. The Morgan fingerprint density at radius 2 is 1.32 bits per heavy atom. The monoisotopic (exact) mass is 508 g/mol. The molecule has 2 atom stereocenters. The molecule has 0 radical (unpaired) electrons. The highest BCUT2D eigenvalue weighted by Crippen LogP contribution is 2.97. The van der Waals surface area contributed by atoms with Crippen LogP contribution < -0.4 is 0 Å². The summed E-state index contributed by atoms with van der Waals surface area (Å²) >= 11 is 2.09. The molecule has 34 heavy (non-hydrogen) atoms. The van der Waals surface area contributed by atoms with Crippen LogP contribution in [0.1, 0.15) is 73.4 Å². The molecule has 0 aromatic heterocycles. The van der Waals surface area contributed by atoms with E-state index in [0.29, 0.717) is 16.6 Å². The van der Waals surface area contributed by atoms with Gasteiger partial charge >= 0.3 is 0 Å². The highest BCUT2D eigenvalue weighted by Gasteiger charge is 2.67. The summed E-state index contributed by atoms with van der Waals surface area (Å²) in [6, 6.07) is 22.1. The minimum atomic E-state index is -2.06. The molecule has 0 saturated carbocycles. The summed E-state index contributed by atoms with van der Waals surface area (Å²) in [5, 5.41) is 1.57. The Morgan fingerprint density at radius 3 is 1.79 bits per heavy atom. The van der Waals surface area contributed by atoms with Crippen LogP contribution in [0, 0.1) is 5.41 Å². The molecule has 1 saturated heterocycles. The topological polar surface area (TPSA) is 9.23 Å². The fourth-order valence-corrected chi connectivity index (χ4v) is 17.9. The van der Waals surface area contributed by atoms with Crippen molar-refractivity contribution in [2.75, 3.05) is 0 Å². The molecular formula is C30H41OPSSi. The Bertz CT molecular complexity index is 1060. The fraction of sp³-hybridized carbons (Fsp3) is 0.467. The van der Waals surface area contributed by atoms with Crippen LogP contribution >= 0.6 is 18.5 Å². The first kappa shape index (κ1) is 25.8. The quantitative estimate of drug-likeness (QED) is 0.209. The molecule has 0 amide bonds. The van der Waals surface area contributed by atoms with E-state index in [1.165, 1.54) is 21.8 Å². The Hall–Kier alpha value is -1.28. The lowest BCUT2D eigenvalue weighted by atomic mass is 9.89. The van der Waals surface area contributed by atoms with Crippen LogP contribution in [0.15, 0.2) is 77.8 Å². The van der Waals surface area contributed by atoms with Gasteiger partial charge in [0.15, 0.2) is 0 Å². The molecule has 182 valence electrons. The minimum absolute atomic E-state index is 0.000126. The summed E-state index contributed by atoms with van der Waals surface area (Å²) in [6.07, 6.45) is 2.57. The lowest BCUT2D eigenvalue weighted by molar-refractivity contribution is 0.264. The molecule has 0 bridgehead atoms. The van der Waals surface area contributed by atoms with Gasteiger partial charge in [0.1, 0.15) is 0 Å². The zero-order valence-corrected chi connectivity index (χ0v) is 25.1. The van der Waals surface area contributed by atoms with E-state index in [9.17, 15) is 0 Å². The van der Waals surface area contributed by atoms with E-state index in [0.717, 1.165) is 0 Å². The number of rotatable bonds is 7. The van der Waals surface area contributed by atoms with Gasteiger partial charge in [-0.3, -0.25) is 0 Å². The summed E-state index contributed by atoms with van der Waals surface area (Å²) < 4.78 is 7.53. The highest BCUT2D eigenvalue weighted by molar-refractivity contribution is 8.64. The van der Waals surface area contributed by atoms with Crippen LogP contribution in [0.5, 0.6) is 0 Å². The standard InChI is InChI=1S/C30H41OPSSi/c1-21(2)34(22(3)4,23(5)6)31-27(29(7,8)9)28-30(25-18-14-11-15-19-25)20-26(33-32(28)30)24-16-12-10-13-17-24/h10-23H,1-9H3/b28-27-. The van der Waals surface area contributed by atoms with E-state index in [4.69, 9.17) is 4.43 Å². The van der Waals surface area contributed by atoms with Crippen molar-refractivity contribution in [1.29, 1.82) is 0 Å². The largest absolute Gasteiger partial charge is 0.545 e. The Labute approximate surface area is 214 Å². The highest BCUT2D eigenvalue weighted by atomic mass is 32.7. The van der Waals surface area contributed by atoms with Gasteiger partial charge in [0, 0.05) is 22.8 Å². The van der Waals surface area contributed by atoms with Gasteiger partial charge in [-0.15, -0.1) is 0 Å². The molecule has 4 heteroatoms. The molecule has 1 fully saturated rings. The van der Waals surface area contributed by atoms with Crippen molar-refractivity contribution >= 4 is 31.7 Å². The van der Waals surface area contributed by atoms with E-state index < -0.39 is 15.4 Å². The summed E-state index contributed by atoms with van der Waals surface area (Å²) in [5.41, 5.74) is 4.42.